The second-order valence-corrected chi connectivity index (χ2v) is 2.96. The largest absolute Gasteiger partial charge is 0.330 e. The second-order valence-electron chi connectivity index (χ2n) is 2.96. The van der Waals surface area contributed by atoms with Gasteiger partial charge in [0, 0.05) is 25.2 Å². The SMILES string of the molecule is NCCCC(=O)Cc1ccncc1. The second kappa shape index (κ2) is 5.43. The van der Waals surface area contributed by atoms with Crippen molar-refractivity contribution in [2.75, 3.05) is 6.54 Å². The quantitative estimate of drug-likeness (QED) is 0.729. The van der Waals surface area contributed by atoms with Crippen molar-refractivity contribution < 1.29 is 4.79 Å². The predicted octanol–water partition coefficient (Wildman–Crippen LogP) is 0.932. The zero-order valence-electron chi connectivity index (χ0n) is 7.57. The summed E-state index contributed by atoms with van der Waals surface area (Å²) in [7, 11) is 0. The molecule has 0 aliphatic heterocycles. The van der Waals surface area contributed by atoms with E-state index in [1.807, 2.05) is 12.1 Å². The van der Waals surface area contributed by atoms with Crippen LogP contribution in [0.15, 0.2) is 24.5 Å². The Labute approximate surface area is 78.0 Å². The lowest BCUT2D eigenvalue weighted by molar-refractivity contribution is -0.118. The highest BCUT2D eigenvalue weighted by atomic mass is 16.1. The molecule has 0 aromatic carbocycles. The van der Waals surface area contributed by atoms with Gasteiger partial charge in [0.15, 0.2) is 0 Å². The van der Waals surface area contributed by atoms with Crippen molar-refractivity contribution in [1.82, 2.24) is 4.98 Å². The van der Waals surface area contributed by atoms with Crippen LogP contribution in [-0.4, -0.2) is 17.3 Å². The lowest BCUT2D eigenvalue weighted by atomic mass is 10.1. The van der Waals surface area contributed by atoms with Gasteiger partial charge in [-0.1, -0.05) is 0 Å². The van der Waals surface area contributed by atoms with E-state index in [9.17, 15) is 4.79 Å². The van der Waals surface area contributed by atoms with Crippen LogP contribution >= 0.6 is 0 Å². The average Bonchev–Trinajstić information content (AvgIpc) is 2.16. The van der Waals surface area contributed by atoms with Gasteiger partial charge in [0.25, 0.3) is 0 Å². The monoisotopic (exact) mass is 178 g/mol. The van der Waals surface area contributed by atoms with Crippen molar-refractivity contribution in [2.45, 2.75) is 19.3 Å². The van der Waals surface area contributed by atoms with Crippen LogP contribution in [0.5, 0.6) is 0 Å². The third kappa shape index (κ3) is 3.80. The van der Waals surface area contributed by atoms with Gasteiger partial charge < -0.3 is 5.73 Å². The predicted molar refractivity (Wildman–Crippen MR) is 51.2 cm³/mol. The molecule has 1 aromatic heterocycles. The van der Waals surface area contributed by atoms with Crippen LogP contribution in [0.2, 0.25) is 0 Å². The van der Waals surface area contributed by atoms with Gasteiger partial charge >= 0.3 is 0 Å². The van der Waals surface area contributed by atoms with Crippen molar-refractivity contribution >= 4 is 5.78 Å². The summed E-state index contributed by atoms with van der Waals surface area (Å²) in [4.78, 5) is 15.2. The Morgan fingerprint density at radius 2 is 2.08 bits per heavy atom. The molecular weight excluding hydrogens is 164 g/mol. The minimum atomic E-state index is 0.247. The van der Waals surface area contributed by atoms with Gasteiger partial charge in [-0.05, 0) is 30.7 Å². The molecule has 70 valence electrons. The number of ketones is 1. The summed E-state index contributed by atoms with van der Waals surface area (Å²) in [5.41, 5.74) is 6.33. The number of aromatic nitrogens is 1. The molecule has 3 nitrogen and oxygen atoms in total. The van der Waals surface area contributed by atoms with Crippen LogP contribution in [0.1, 0.15) is 18.4 Å². The van der Waals surface area contributed by atoms with E-state index in [0.717, 1.165) is 12.0 Å². The first-order valence-electron chi connectivity index (χ1n) is 4.43. The molecule has 0 amide bonds. The van der Waals surface area contributed by atoms with Crippen LogP contribution in [-0.2, 0) is 11.2 Å². The van der Waals surface area contributed by atoms with Crippen molar-refractivity contribution in [3.8, 4) is 0 Å². The first-order chi connectivity index (χ1) is 6.33. The number of rotatable bonds is 5. The fourth-order valence-electron chi connectivity index (χ4n) is 1.12. The fourth-order valence-corrected chi connectivity index (χ4v) is 1.12. The Balaban J connectivity index is 2.37. The Morgan fingerprint density at radius 3 is 2.69 bits per heavy atom. The Hall–Kier alpha value is -1.22. The summed E-state index contributed by atoms with van der Waals surface area (Å²) in [5.74, 6) is 0.247. The van der Waals surface area contributed by atoms with Crippen LogP contribution in [0.3, 0.4) is 0 Å². The highest BCUT2D eigenvalue weighted by Crippen LogP contribution is 2.01. The summed E-state index contributed by atoms with van der Waals surface area (Å²) in [6.45, 7) is 0.585. The topological polar surface area (TPSA) is 56.0 Å². The summed E-state index contributed by atoms with van der Waals surface area (Å²) in [5, 5.41) is 0. The van der Waals surface area contributed by atoms with Gasteiger partial charge in [-0.3, -0.25) is 9.78 Å². The molecule has 3 heteroatoms. The lowest BCUT2D eigenvalue weighted by Gasteiger charge is -1.99. The van der Waals surface area contributed by atoms with Crippen molar-refractivity contribution in [2.24, 2.45) is 5.73 Å². The van der Waals surface area contributed by atoms with E-state index in [-0.39, 0.29) is 5.78 Å². The molecule has 1 heterocycles. The Kier molecular flexibility index (Phi) is 4.12. The number of nitrogens with zero attached hydrogens (tertiary/aromatic N) is 1. The van der Waals surface area contributed by atoms with E-state index in [1.54, 1.807) is 12.4 Å². The Bertz CT molecular complexity index is 259. The maximum atomic E-state index is 11.3. The van der Waals surface area contributed by atoms with Gasteiger partial charge in [0.1, 0.15) is 5.78 Å². The number of pyridine rings is 1. The fraction of sp³-hybridized carbons (Fsp3) is 0.400. The molecular formula is C10H14N2O. The smallest absolute Gasteiger partial charge is 0.137 e. The van der Waals surface area contributed by atoms with Crippen LogP contribution < -0.4 is 5.73 Å². The van der Waals surface area contributed by atoms with E-state index < -0.39 is 0 Å². The van der Waals surface area contributed by atoms with Gasteiger partial charge in [-0.2, -0.15) is 0 Å². The molecule has 0 saturated carbocycles. The van der Waals surface area contributed by atoms with Crippen molar-refractivity contribution in [1.29, 1.82) is 0 Å². The van der Waals surface area contributed by atoms with Gasteiger partial charge in [-0.25, -0.2) is 0 Å². The molecule has 0 aliphatic rings. The van der Waals surface area contributed by atoms with E-state index in [1.165, 1.54) is 0 Å². The third-order valence-electron chi connectivity index (χ3n) is 1.81. The number of carbonyl (C=O) groups is 1. The van der Waals surface area contributed by atoms with Crippen LogP contribution in [0, 0.1) is 0 Å². The summed E-state index contributed by atoms with van der Waals surface area (Å²) >= 11 is 0. The molecule has 2 N–H and O–H groups in total. The van der Waals surface area contributed by atoms with E-state index in [4.69, 9.17) is 5.73 Å². The molecule has 0 aliphatic carbocycles. The summed E-state index contributed by atoms with van der Waals surface area (Å²) in [6, 6.07) is 3.72. The zero-order valence-corrected chi connectivity index (χ0v) is 7.57. The maximum absolute atomic E-state index is 11.3. The summed E-state index contributed by atoms with van der Waals surface area (Å²) in [6.07, 6.45) is 5.27. The normalized spacial score (nSPS) is 9.92. The first-order valence-corrected chi connectivity index (χ1v) is 4.43. The molecule has 13 heavy (non-hydrogen) atoms. The van der Waals surface area contributed by atoms with Crippen molar-refractivity contribution in [3.63, 3.8) is 0 Å². The summed E-state index contributed by atoms with van der Waals surface area (Å²) < 4.78 is 0. The van der Waals surface area contributed by atoms with Crippen molar-refractivity contribution in [3.05, 3.63) is 30.1 Å². The third-order valence-corrected chi connectivity index (χ3v) is 1.81. The van der Waals surface area contributed by atoms with E-state index in [2.05, 4.69) is 4.98 Å². The van der Waals surface area contributed by atoms with Gasteiger partial charge in [0.2, 0.25) is 0 Å². The highest BCUT2D eigenvalue weighted by molar-refractivity contribution is 5.80. The Morgan fingerprint density at radius 1 is 1.38 bits per heavy atom. The molecule has 0 saturated heterocycles. The average molecular weight is 178 g/mol. The van der Waals surface area contributed by atoms with Gasteiger partial charge in [0.05, 0.1) is 0 Å². The molecule has 0 radical (unpaired) electrons. The molecule has 0 spiro atoms. The first kappa shape index (κ1) is 9.86. The van der Waals surface area contributed by atoms with Crippen LogP contribution in [0.4, 0.5) is 0 Å². The molecule has 0 unspecified atom stereocenters. The highest BCUT2D eigenvalue weighted by Gasteiger charge is 2.01. The standard InChI is InChI=1S/C10H14N2O/c11-5-1-2-10(13)8-9-3-6-12-7-4-9/h3-4,6-7H,1-2,5,8,11H2. The molecule has 0 atom stereocenters. The molecule has 1 rings (SSSR count). The minimum absolute atomic E-state index is 0.247. The molecule has 1 aromatic rings. The van der Waals surface area contributed by atoms with Crippen LogP contribution in [0.25, 0.3) is 0 Å². The van der Waals surface area contributed by atoms with E-state index >= 15 is 0 Å². The number of carbonyl (C=O) groups excluding carboxylic acids is 1. The number of hydrogen-bond donors (Lipinski definition) is 1. The zero-order chi connectivity index (χ0) is 9.52. The molecule has 0 fully saturated rings. The minimum Gasteiger partial charge on any atom is -0.330 e. The number of hydrogen-bond acceptors (Lipinski definition) is 3. The number of Topliss-reactive ketones (excluding diaryl/α,β-unsaturated/α-hetero) is 1. The number of nitrogens with two attached hydrogens (primary N) is 1. The van der Waals surface area contributed by atoms with E-state index in [0.29, 0.717) is 19.4 Å². The van der Waals surface area contributed by atoms with Gasteiger partial charge in [-0.15, -0.1) is 0 Å². The lowest BCUT2D eigenvalue weighted by Crippen LogP contribution is -2.06. The maximum Gasteiger partial charge on any atom is 0.137 e. The molecule has 0 bridgehead atoms.